The minimum Gasteiger partial charge on any atom is -0.477 e. The molecule has 1 rings (SSSR count). The summed E-state index contributed by atoms with van der Waals surface area (Å²) >= 11 is 0. The van der Waals surface area contributed by atoms with Gasteiger partial charge < -0.3 is 19.1 Å². The quantitative estimate of drug-likeness (QED) is 0.523. The molecule has 6 heteroatoms. The normalized spacial score (nSPS) is 10.7. The van der Waals surface area contributed by atoms with Crippen molar-refractivity contribution in [1.82, 2.24) is 4.57 Å². The van der Waals surface area contributed by atoms with Crippen LogP contribution in [0.1, 0.15) is 40.6 Å². The van der Waals surface area contributed by atoms with E-state index in [9.17, 15) is 9.59 Å². The van der Waals surface area contributed by atoms with E-state index in [-0.39, 0.29) is 11.5 Å². The summed E-state index contributed by atoms with van der Waals surface area (Å²) in [6.07, 6.45) is 3.22. The third-order valence-electron chi connectivity index (χ3n) is 2.89. The van der Waals surface area contributed by atoms with Gasteiger partial charge in [0.15, 0.2) is 5.78 Å². The summed E-state index contributed by atoms with van der Waals surface area (Å²) in [6.45, 7) is 3.74. The fraction of sp³-hybridized carbons (Fsp3) is 0.571. The van der Waals surface area contributed by atoms with Gasteiger partial charge in [-0.3, -0.25) is 4.79 Å². The maximum Gasteiger partial charge on any atom is 0.352 e. The zero-order valence-corrected chi connectivity index (χ0v) is 11.9. The van der Waals surface area contributed by atoms with Crippen LogP contribution in [0.25, 0.3) is 0 Å². The number of carboxylic acid groups (broad SMARTS) is 1. The number of carboxylic acids is 1. The molecule has 6 nitrogen and oxygen atoms in total. The van der Waals surface area contributed by atoms with Crippen molar-refractivity contribution in [3.63, 3.8) is 0 Å². The molecule has 0 saturated heterocycles. The Hall–Kier alpha value is -1.66. The molecular formula is C14H21NO5. The highest BCUT2D eigenvalue weighted by molar-refractivity contribution is 5.97. The fourth-order valence-corrected chi connectivity index (χ4v) is 1.80. The number of unbranched alkanes of at least 4 members (excludes halogenated alkanes) is 1. The molecule has 0 aliphatic carbocycles. The van der Waals surface area contributed by atoms with Crippen LogP contribution in [0.2, 0.25) is 0 Å². The molecule has 0 aliphatic heterocycles. The molecule has 1 aromatic heterocycles. The lowest BCUT2D eigenvalue weighted by molar-refractivity contribution is 0.0672. The molecule has 0 amide bonds. The summed E-state index contributed by atoms with van der Waals surface area (Å²) in [5.41, 5.74) is 0.578. The minimum absolute atomic E-state index is 0.130. The lowest BCUT2D eigenvalue weighted by Gasteiger charge is -2.06. The van der Waals surface area contributed by atoms with Crippen LogP contribution in [0.3, 0.4) is 0 Å². The number of carbonyl (C=O) groups excluding carboxylic acids is 1. The summed E-state index contributed by atoms with van der Waals surface area (Å²) < 4.78 is 11.8. The van der Waals surface area contributed by atoms with Gasteiger partial charge in [0.2, 0.25) is 0 Å². The van der Waals surface area contributed by atoms with Crippen LogP contribution in [-0.4, -0.2) is 48.4 Å². The Morgan fingerprint density at radius 3 is 2.60 bits per heavy atom. The number of hydrogen-bond acceptors (Lipinski definition) is 4. The van der Waals surface area contributed by atoms with Crippen molar-refractivity contribution in [2.24, 2.45) is 0 Å². The number of ether oxygens (including phenoxy) is 2. The number of aromatic nitrogens is 1. The van der Waals surface area contributed by atoms with Gasteiger partial charge in [-0.05, 0) is 25.8 Å². The monoisotopic (exact) mass is 283 g/mol. The van der Waals surface area contributed by atoms with Crippen molar-refractivity contribution in [1.29, 1.82) is 0 Å². The predicted octanol–water partition coefficient (Wildman–Crippen LogP) is 1.83. The number of carbonyl (C=O) groups is 2. The summed E-state index contributed by atoms with van der Waals surface area (Å²) in [4.78, 5) is 22.4. The highest BCUT2D eigenvalue weighted by Gasteiger charge is 2.14. The van der Waals surface area contributed by atoms with Crippen LogP contribution in [0.4, 0.5) is 0 Å². The zero-order chi connectivity index (χ0) is 15.0. The second-order valence-corrected chi connectivity index (χ2v) is 4.48. The number of methoxy groups -OCH3 is 1. The SMILES string of the molecule is COCCOCCCCn1cc(C(C)=O)cc1C(=O)O. The molecular weight excluding hydrogens is 262 g/mol. The van der Waals surface area contributed by atoms with Crippen molar-refractivity contribution < 1.29 is 24.2 Å². The van der Waals surface area contributed by atoms with Gasteiger partial charge >= 0.3 is 5.97 Å². The van der Waals surface area contributed by atoms with E-state index in [1.165, 1.54) is 13.0 Å². The van der Waals surface area contributed by atoms with Gasteiger partial charge in [-0.1, -0.05) is 0 Å². The van der Waals surface area contributed by atoms with Crippen molar-refractivity contribution in [3.05, 3.63) is 23.5 Å². The standard InChI is InChI=1S/C14H21NO5/c1-11(16)12-9-13(14(17)18)15(10-12)5-3-4-6-20-8-7-19-2/h9-10H,3-8H2,1-2H3,(H,17,18). The first-order valence-electron chi connectivity index (χ1n) is 6.57. The Morgan fingerprint density at radius 2 is 2.00 bits per heavy atom. The molecule has 1 N–H and O–H groups in total. The average molecular weight is 283 g/mol. The topological polar surface area (TPSA) is 77.8 Å². The van der Waals surface area contributed by atoms with Gasteiger partial charge in [0.05, 0.1) is 13.2 Å². The molecule has 0 atom stereocenters. The molecule has 0 aliphatic rings. The first-order valence-corrected chi connectivity index (χ1v) is 6.57. The van der Waals surface area contributed by atoms with E-state index in [1.54, 1.807) is 17.9 Å². The number of aryl methyl sites for hydroxylation is 1. The van der Waals surface area contributed by atoms with Gasteiger partial charge in [0, 0.05) is 32.0 Å². The van der Waals surface area contributed by atoms with Gasteiger partial charge in [-0.15, -0.1) is 0 Å². The van der Waals surface area contributed by atoms with Gasteiger partial charge in [-0.2, -0.15) is 0 Å². The molecule has 0 bridgehead atoms. The van der Waals surface area contributed by atoms with Crippen LogP contribution in [0, 0.1) is 0 Å². The molecule has 0 radical (unpaired) electrons. The molecule has 0 unspecified atom stereocenters. The van der Waals surface area contributed by atoms with Crippen LogP contribution in [0.15, 0.2) is 12.3 Å². The van der Waals surface area contributed by atoms with Crippen molar-refractivity contribution >= 4 is 11.8 Å². The number of aromatic carboxylic acids is 1. The summed E-state index contributed by atoms with van der Waals surface area (Å²) in [5.74, 6) is -1.15. The summed E-state index contributed by atoms with van der Waals surface area (Å²) in [7, 11) is 1.62. The third-order valence-corrected chi connectivity index (χ3v) is 2.89. The van der Waals surface area contributed by atoms with Crippen LogP contribution in [-0.2, 0) is 16.0 Å². The molecule has 0 aromatic carbocycles. The number of nitrogens with zero attached hydrogens (tertiary/aromatic N) is 1. The largest absolute Gasteiger partial charge is 0.477 e. The number of rotatable bonds is 10. The average Bonchev–Trinajstić information content (AvgIpc) is 2.82. The first kappa shape index (κ1) is 16.4. The third kappa shape index (κ3) is 5.14. The summed E-state index contributed by atoms with van der Waals surface area (Å²) in [6, 6.07) is 1.42. The van der Waals surface area contributed by atoms with Crippen molar-refractivity contribution in [2.75, 3.05) is 26.9 Å². The molecule has 1 heterocycles. The molecule has 0 spiro atoms. The van der Waals surface area contributed by atoms with E-state index in [0.29, 0.717) is 31.9 Å². The van der Waals surface area contributed by atoms with Gasteiger partial charge in [0.25, 0.3) is 0 Å². The second kappa shape index (κ2) is 8.50. The Balaban J connectivity index is 2.42. The minimum atomic E-state index is -1.02. The maximum atomic E-state index is 11.3. The Labute approximate surface area is 118 Å². The van der Waals surface area contributed by atoms with Crippen LogP contribution in [0.5, 0.6) is 0 Å². The highest BCUT2D eigenvalue weighted by atomic mass is 16.5. The van der Waals surface area contributed by atoms with E-state index in [2.05, 4.69) is 0 Å². The van der Waals surface area contributed by atoms with Crippen molar-refractivity contribution in [2.45, 2.75) is 26.3 Å². The Morgan fingerprint density at radius 1 is 1.25 bits per heavy atom. The van der Waals surface area contributed by atoms with E-state index in [4.69, 9.17) is 14.6 Å². The summed E-state index contributed by atoms with van der Waals surface area (Å²) in [5, 5.41) is 9.09. The molecule has 112 valence electrons. The maximum absolute atomic E-state index is 11.3. The van der Waals surface area contributed by atoms with Crippen molar-refractivity contribution in [3.8, 4) is 0 Å². The van der Waals surface area contributed by atoms with E-state index >= 15 is 0 Å². The predicted molar refractivity (Wildman–Crippen MR) is 73.3 cm³/mol. The molecule has 20 heavy (non-hydrogen) atoms. The second-order valence-electron chi connectivity index (χ2n) is 4.48. The first-order chi connectivity index (χ1) is 9.56. The Bertz CT molecular complexity index is 452. The van der Waals surface area contributed by atoms with Crippen LogP contribution >= 0.6 is 0 Å². The number of Topliss-reactive ketones (excluding diaryl/α,β-unsaturated/α-hetero) is 1. The fourth-order valence-electron chi connectivity index (χ4n) is 1.80. The Kier molecular flexibility index (Phi) is 6.97. The lowest BCUT2D eigenvalue weighted by atomic mass is 10.2. The van der Waals surface area contributed by atoms with Crippen LogP contribution < -0.4 is 0 Å². The zero-order valence-electron chi connectivity index (χ0n) is 11.9. The lowest BCUT2D eigenvalue weighted by Crippen LogP contribution is -2.09. The number of ketones is 1. The van der Waals surface area contributed by atoms with E-state index in [0.717, 1.165) is 12.8 Å². The van der Waals surface area contributed by atoms with Gasteiger partial charge in [-0.25, -0.2) is 4.79 Å². The highest BCUT2D eigenvalue weighted by Crippen LogP contribution is 2.11. The van der Waals surface area contributed by atoms with Gasteiger partial charge in [0.1, 0.15) is 5.69 Å². The molecule has 0 fully saturated rings. The van der Waals surface area contributed by atoms with E-state index < -0.39 is 5.97 Å². The molecule has 0 saturated carbocycles. The number of hydrogen-bond donors (Lipinski definition) is 1. The molecule has 1 aromatic rings. The van der Waals surface area contributed by atoms with E-state index in [1.807, 2.05) is 0 Å². The smallest absolute Gasteiger partial charge is 0.352 e.